The van der Waals surface area contributed by atoms with Crippen LogP contribution in [0, 0.1) is 0 Å². The summed E-state index contributed by atoms with van der Waals surface area (Å²) in [7, 11) is 3.15. The Kier molecular flexibility index (Phi) is 8.06. The molecule has 0 spiro atoms. The van der Waals surface area contributed by atoms with Gasteiger partial charge in [0.1, 0.15) is 11.5 Å². The Bertz CT molecular complexity index is 538. The van der Waals surface area contributed by atoms with E-state index in [9.17, 15) is 9.90 Å². The van der Waals surface area contributed by atoms with Crippen LogP contribution in [0.1, 0.15) is 69.5 Å². The van der Waals surface area contributed by atoms with Crippen molar-refractivity contribution in [1.82, 2.24) is 5.32 Å². The molecule has 25 heavy (non-hydrogen) atoms. The SMILES string of the molecule is COc1ccc(C(O)CCC(=O)NC2CCCCCCC2)c(OC)c1. The van der Waals surface area contributed by atoms with Gasteiger partial charge in [0, 0.05) is 24.1 Å². The highest BCUT2D eigenvalue weighted by Crippen LogP contribution is 2.31. The molecule has 0 bridgehead atoms. The van der Waals surface area contributed by atoms with Crippen molar-refractivity contribution in [2.75, 3.05) is 14.2 Å². The number of ether oxygens (including phenoxy) is 2. The summed E-state index contributed by atoms with van der Waals surface area (Å²) >= 11 is 0. The fraction of sp³-hybridized carbons (Fsp3) is 0.650. The lowest BCUT2D eigenvalue weighted by molar-refractivity contribution is -0.122. The number of methoxy groups -OCH3 is 2. The van der Waals surface area contributed by atoms with Crippen molar-refractivity contribution in [2.45, 2.75) is 69.9 Å². The standard InChI is InChI=1S/C20H31NO4/c1-24-16-10-11-17(19(14-16)25-2)18(22)12-13-20(23)21-15-8-6-4-3-5-7-9-15/h10-11,14-15,18,22H,3-9,12-13H2,1-2H3,(H,21,23). The Labute approximate surface area is 150 Å². The maximum Gasteiger partial charge on any atom is 0.220 e. The van der Waals surface area contributed by atoms with E-state index >= 15 is 0 Å². The van der Waals surface area contributed by atoms with Gasteiger partial charge in [-0.3, -0.25) is 4.79 Å². The molecule has 0 radical (unpaired) electrons. The molecule has 1 aliphatic rings. The van der Waals surface area contributed by atoms with Crippen LogP contribution in [0.5, 0.6) is 11.5 Å². The number of aliphatic hydroxyl groups excluding tert-OH is 1. The Morgan fingerprint density at radius 2 is 1.84 bits per heavy atom. The third-order valence-corrected chi connectivity index (χ3v) is 4.91. The molecule has 0 saturated heterocycles. The predicted octanol–water partition coefficient (Wildman–Crippen LogP) is 3.75. The minimum absolute atomic E-state index is 0.0251. The molecule has 5 heteroatoms. The van der Waals surface area contributed by atoms with Crippen LogP contribution in [0.25, 0.3) is 0 Å². The van der Waals surface area contributed by atoms with Crippen LogP contribution >= 0.6 is 0 Å². The summed E-state index contributed by atoms with van der Waals surface area (Å²) in [4.78, 5) is 12.2. The molecule has 140 valence electrons. The molecule has 1 fully saturated rings. The summed E-state index contributed by atoms with van der Waals surface area (Å²) in [5.41, 5.74) is 0.682. The highest BCUT2D eigenvalue weighted by Gasteiger charge is 2.18. The van der Waals surface area contributed by atoms with Crippen LogP contribution in [0.2, 0.25) is 0 Å². The molecule has 0 aliphatic heterocycles. The summed E-state index contributed by atoms with van der Waals surface area (Å²) in [5, 5.41) is 13.6. The van der Waals surface area contributed by atoms with Crippen LogP contribution in [0.15, 0.2) is 18.2 Å². The van der Waals surface area contributed by atoms with Crippen LogP contribution in [-0.2, 0) is 4.79 Å². The fourth-order valence-electron chi connectivity index (χ4n) is 3.42. The van der Waals surface area contributed by atoms with Gasteiger partial charge in [0.15, 0.2) is 0 Å². The second-order valence-corrected chi connectivity index (χ2v) is 6.77. The molecule has 1 aromatic rings. The van der Waals surface area contributed by atoms with Gasteiger partial charge in [-0.15, -0.1) is 0 Å². The molecule has 1 aliphatic carbocycles. The molecular formula is C20H31NO4. The number of benzene rings is 1. The Hall–Kier alpha value is -1.75. The fourth-order valence-corrected chi connectivity index (χ4v) is 3.42. The van der Waals surface area contributed by atoms with Gasteiger partial charge in [-0.25, -0.2) is 0 Å². The van der Waals surface area contributed by atoms with Gasteiger partial charge >= 0.3 is 0 Å². The maximum absolute atomic E-state index is 12.2. The number of nitrogens with one attached hydrogen (secondary N) is 1. The third kappa shape index (κ3) is 6.24. The van der Waals surface area contributed by atoms with Gasteiger partial charge in [-0.1, -0.05) is 32.1 Å². The number of aliphatic hydroxyl groups is 1. The molecule has 2 N–H and O–H groups in total. The molecular weight excluding hydrogens is 318 g/mol. The quantitative estimate of drug-likeness (QED) is 0.787. The number of rotatable bonds is 7. The molecule has 1 amide bonds. The largest absolute Gasteiger partial charge is 0.497 e. The van der Waals surface area contributed by atoms with Crippen molar-refractivity contribution in [1.29, 1.82) is 0 Å². The highest BCUT2D eigenvalue weighted by molar-refractivity contribution is 5.76. The maximum atomic E-state index is 12.2. The second kappa shape index (κ2) is 10.3. The summed E-state index contributed by atoms with van der Waals surface area (Å²) in [6.07, 6.45) is 8.33. The van der Waals surface area contributed by atoms with Gasteiger partial charge in [0.05, 0.1) is 20.3 Å². The van der Waals surface area contributed by atoms with Crippen LogP contribution in [-0.4, -0.2) is 31.3 Å². The van der Waals surface area contributed by atoms with E-state index in [0.29, 0.717) is 35.9 Å². The van der Waals surface area contributed by atoms with Gasteiger partial charge in [0.25, 0.3) is 0 Å². The minimum atomic E-state index is -0.732. The number of hydrogen-bond donors (Lipinski definition) is 2. The van der Waals surface area contributed by atoms with Crippen molar-refractivity contribution in [3.05, 3.63) is 23.8 Å². The topological polar surface area (TPSA) is 67.8 Å². The van der Waals surface area contributed by atoms with Gasteiger partial charge < -0.3 is 19.9 Å². The molecule has 0 aromatic heterocycles. The van der Waals surface area contributed by atoms with Crippen LogP contribution in [0.4, 0.5) is 0 Å². The van der Waals surface area contributed by atoms with E-state index < -0.39 is 6.10 Å². The van der Waals surface area contributed by atoms with Gasteiger partial charge in [-0.05, 0) is 31.4 Å². The first kappa shape index (κ1) is 19.6. The number of carbonyl (C=O) groups is 1. The lowest BCUT2D eigenvalue weighted by atomic mass is 9.96. The molecule has 1 saturated carbocycles. The molecule has 2 rings (SSSR count). The Balaban J connectivity index is 1.84. The summed E-state index contributed by atoms with van der Waals surface area (Å²) < 4.78 is 10.5. The number of carbonyl (C=O) groups excluding carboxylic acids is 1. The molecule has 1 unspecified atom stereocenters. The zero-order valence-corrected chi connectivity index (χ0v) is 15.4. The molecule has 1 aromatic carbocycles. The average Bonchev–Trinajstić information content (AvgIpc) is 2.61. The van der Waals surface area contributed by atoms with E-state index in [-0.39, 0.29) is 5.91 Å². The van der Waals surface area contributed by atoms with Gasteiger partial charge in [0.2, 0.25) is 5.91 Å². The lowest BCUT2D eigenvalue weighted by Crippen LogP contribution is -2.35. The number of amides is 1. The van der Waals surface area contributed by atoms with Crippen molar-refractivity contribution < 1.29 is 19.4 Å². The van der Waals surface area contributed by atoms with Crippen molar-refractivity contribution in [2.24, 2.45) is 0 Å². The molecule has 0 heterocycles. The van der Waals surface area contributed by atoms with Crippen LogP contribution in [0.3, 0.4) is 0 Å². The first-order chi connectivity index (χ1) is 12.1. The van der Waals surface area contributed by atoms with Gasteiger partial charge in [-0.2, -0.15) is 0 Å². The van der Waals surface area contributed by atoms with Crippen LogP contribution < -0.4 is 14.8 Å². The highest BCUT2D eigenvalue weighted by atomic mass is 16.5. The van der Waals surface area contributed by atoms with Crippen molar-refractivity contribution in [3.63, 3.8) is 0 Å². The van der Waals surface area contributed by atoms with E-state index in [1.807, 2.05) is 0 Å². The Morgan fingerprint density at radius 1 is 1.16 bits per heavy atom. The van der Waals surface area contributed by atoms with E-state index in [2.05, 4.69) is 5.32 Å². The third-order valence-electron chi connectivity index (χ3n) is 4.91. The first-order valence-electron chi connectivity index (χ1n) is 9.33. The smallest absolute Gasteiger partial charge is 0.220 e. The second-order valence-electron chi connectivity index (χ2n) is 6.77. The van der Waals surface area contributed by atoms with E-state index in [4.69, 9.17) is 9.47 Å². The summed E-state index contributed by atoms with van der Waals surface area (Å²) in [6.45, 7) is 0. The zero-order chi connectivity index (χ0) is 18.1. The Morgan fingerprint density at radius 3 is 2.48 bits per heavy atom. The zero-order valence-electron chi connectivity index (χ0n) is 15.4. The van der Waals surface area contributed by atoms with E-state index in [0.717, 1.165) is 12.8 Å². The van der Waals surface area contributed by atoms with Crippen molar-refractivity contribution in [3.8, 4) is 11.5 Å². The molecule has 5 nitrogen and oxygen atoms in total. The summed E-state index contributed by atoms with van der Waals surface area (Å²) in [6, 6.07) is 5.61. The van der Waals surface area contributed by atoms with Crippen molar-refractivity contribution >= 4 is 5.91 Å². The predicted molar refractivity (Wildman–Crippen MR) is 98.0 cm³/mol. The minimum Gasteiger partial charge on any atom is -0.497 e. The van der Waals surface area contributed by atoms with E-state index in [1.165, 1.54) is 32.1 Å². The monoisotopic (exact) mass is 349 g/mol. The summed E-state index contributed by atoms with van der Waals surface area (Å²) in [5.74, 6) is 1.28. The lowest BCUT2D eigenvalue weighted by Gasteiger charge is -2.21. The molecule has 1 atom stereocenters. The normalized spacial score (nSPS) is 17.2. The average molecular weight is 349 g/mol. The first-order valence-corrected chi connectivity index (χ1v) is 9.33. The number of hydrogen-bond acceptors (Lipinski definition) is 4. The van der Waals surface area contributed by atoms with E-state index in [1.54, 1.807) is 32.4 Å².